The summed E-state index contributed by atoms with van der Waals surface area (Å²) in [7, 11) is 5.29. The molecule has 246 valence electrons. The average Bonchev–Trinajstić information content (AvgIpc) is 3.55. The van der Waals surface area contributed by atoms with Gasteiger partial charge in [0, 0.05) is 25.7 Å². The molecule has 2 N–H and O–H groups in total. The van der Waals surface area contributed by atoms with Crippen LogP contribution in [0, 0.1) is 17.8 Å². The molecule has 11 heteroatoms. The highest BCUT2D eigenvalue weighted by Crippen LogP contribution is 2.28. The van der Waals surface area contributed by atoms with Crippen LogP contribution in [0.2, 0.25) is 0 Å². The van der Waals surface area contributed by atoms with Gasteiger partial charge >= 0.3 is 0 Å². The van der Waals surface area contributed by atoms with Gasteiger partial charge in [0.2, 0.25) is 29.5 Å². The number of nitrogens with zero attached hydrogens (tertiary/aromatic N) is 4. The van der Waals surface area contributed by atoms with E-state index in [0.29, 0.717) is 32.4 Å². The Bertz CT molecular complexity index is 1010. The van der Waals surface area contributed by atoms with Crippen molar-refractivity contribution in [2.75, 3.05) is 34.2 Å². The molecule has 11 nitrogen and oxygen atoms in total. The van der Waals surface area contributed by atoms with E-state index >= 15 is 0 Å². The fraction of sp³-hybridized carbons (Fsp3) is 0.844. The lowest BCUT2D eigenvalue weighted by atomic mass is 9.96. The summed E-state index contributed by atoms with van der Waals surface area (Å²) in [6.07, 6.45) is 2.51. The number of hydrogen-bond acceptors (Lipinski definition) is 6. The lowest BCUT2D eigenvalue weighted by Crippen LogP contribution is -2.61. The summed E-state index contributed by atoms with van der Waals surface area (Å²) < 4.78 is 0. The number of hydrogen-bond donors (Lipinski definition) is 2. The quantitative estimate of drug-likeness (QED) is 0.372. The number of nitrogens with one attached hydrogen (secondary N) is 2. The Balaban J connectivity index is 2.27. The maximum Gasteiger partial charge on any atom is 0.246 e. The molecule has 2 fully saturated rings. The van der Waals surface area contributed by atoms with Gasteiger partial charge in [-0.2, -0.15) is 0 Å². The van der Waals surface area contributed by atoms with Crippen molar-refractivity contribution in [1.29, 1.82) is 0 Å². The van der Waals surface area contributed by atoms with Crippen LogP contribution in [0.4, 0.5) is 0 Å². The number of likely N-dealkylation sites (N-methyl/N-ethyl adjacent to an activating group) is 2. The van der Waals surface area contributed by atoms with E-state index in [1.165, 1.54) is 4.90 Å². The maximum atomic E-state index is 14.2. The van der Waals surface area contributed by atoms with Crippen LogP contribution in [0.3, 0.4) is 0 Å². The van der Waals surface area contributed by atoms with Gasteiger partial charge in [0.05, 0.1) is 6.04 Å². The van der Waals surface area contributed by atoms with Crippen LogP contribution >= 0.6 is 0 Å². The molecule has 2 aliphatic rings. The fourth-order valence-corrected chi connectivity index (χ4v) is 6.54. The van der Waals surface area contributed by atoms with E-state index in [-0.39, 0.29) is 47.3 Å². The van der Waals surface area contributed by atoms with Gasteiger partial charge in [0.15, 0.2) is 0 Å². The molecule has 0 bridgehead atoms. The lowest BCUT2D eigenvalue weighted by molar-refractivity contribution is -0.153. The lowest BCUT2D eigenvalue weighted by Gasteiger charge is -2.39. The standard InChI is InChI=1S/C32H58N6O5/c1-19(2)24(33-28(40)25(20(3)4)35(10)11)30(42)36(12)26(21(5)6)31(43)38-18-14-16-23(38)29(41)37-17-13-15-22(37)27(39)34-32(7,8)9/h19-26H,13-18H2,1-12H3,(H,33,40)(H,34,39)/t22-,23-,24+,25+,26+/m0/s1. The van der Waals surface area contributed by atoms with Crippen molar-refractivity contribution in [3.8, 4) is 0 Å². The zero-order valence-electron chi connectivity index (χ0n) is 28.7. The van der Waals surface area contributed by atoms with Gasteiger partial charge in [-0.1, -0.05) is 41.5 Å². The summed E-state index contributed by atoms with van der Waals surface area (Å²) in [6, 6.07) is -3.25. The van der Waals surface area contributed by atoms with Gasteiger partial charge in [-0.05, 0) is 78.3 Å². The first-order valence-corrected chi connectivity index (χ1v) is 16.0. The highest BCUT2D eigenvalue weighted by atomic mass is 16.2. The SMILES string of the molecule is CC(C)[C@@H](NC(=O)[C@@H](C(C)C)N(C)C)C(=O)N(C)[C@@H](C(=O)N1CCC[C@H]1C(=O)N1CCC[C@H]1C(=O)NC(C)(C)C)C(C)C. The topological polar surface area (TPSA) is 122 Å². The molecule has 0 spiro atoms. The second-order valence-corrected chi connectivity index (χ2v) is 14.6. The largest absolute Gasteiger partial charge is 0.350 e. The molecule has 0 aromatic rings. The fourth-order valence-electron chi connectivity index (χ4n) is 6.54. The summed E-state index contributed by atoms with van der Waals surface area (Å²) in [5, 5.41) is 5.96. The van der Waals surface area contributed by atoms with E-state index in [1.54, 1.807) is 16.8 Å². The Morgan fingerprint density at radius 2 is 1.26 bits per heavy atom. The van der Waals surface area contributed by atoms with Crippen molar-refractivity contribution in [2.45, 2.75) is 124 Å². The molecule has 2 rings (SSSR count). The van der Waals surface area contributed by atoms with Crippen molar-refractivity contribution in [3.63, 3.8) is 0 Å². The molecule has 43 heavy (non-hydrogen) atoms. The molecular formula is C32H58N6O5. The number of carbonyl (C=O) groups is 5. The Hall–Kier alpha value is -2.69. The van der Waals surface area contributed by atoms with Crippen LogP contribution in [-0.4, -0.2) is 119 Å². The molecule has 0 unspecified atom stereocenters. The van der Waals surface area contributed by atoms with E-state index in [9.17, 15) is 24.0 Å². The number of likely N-dealkylation sites (tertiary alicyclic amines) is 2. The first kappa shape index (κ1) is 36.5. The second-order valence-electron chi connectivity index (χ2n) is 14.6. The van der Waals surface area contributed by atoms with Gasteiger partial charge < -0.3 is 25.3 Å². The van der Waals surface area contributed by atoms with E-state index in [1.807, 2.05) is 81.3 Å². The minimum absolute atomic E-state index is 0.0417. The molecule has 0 aliphatic carbocycles. The minimum Gasteiger partial charge on any atom is -0.350 e. The van der Waals surface area contributed by atoms with Crippen molar-refractivity contribution < 1.29 is 24.0 Å². The third kappa shape index (κ3) is 8.92. The molecule has 2 aliphatic heterocycles. The third-order valence-electron chi connectivity index (χ3n) is 8.49. The summed E-state index contributed by atoms with van der Waals surface area (Å²) in [5.41, 5.74) is -0.416. The Morgan fingerprint density at radius 3 is 1.72 bits per heavy atom. The average molecular weight is 607 g/mol. The van der Waals surface area contributed by atoms with E-state index in [4.69, 9.17) is 0 Å². The van der Waals surface area contributed by atoms with Crippen LogP contribution < -0.4 is 10.6 Å². The predicted octanol–water partition coefficient (Wildman–Crippen LogP) is 2.09. The minimum atomic E-state index is -0.813. The van der Waals surface area contributed by atoms with Gasteiger partial charge in [-0.3, -0.25) is 28.9 Å². The van der Waals surface area contributed by atoms with Crippen LogP contribution in [0.5, 0.6) is 0 Å². The molecule has 2 saturated heterocycles. The van der Waals surface area contributed by atoms with Crippen molar-refractivity contribution in [2.24, 2.45) is 17.8 Å². The summed E-state index contributed by atoms with van der Waals surface area (Å²) in [5.74, 6) is -1.61. The van der Waals surface area contributed by atoms with Crippen molar-refractivity contribution >= 4 is 29.5 Å². The van der Waals surface area contributed by atoms with Crippen LogP contribution in [0.15, 0.2) is 0 Å². The first-order valence-electron chi connectivity index (χ1n) is 16.0. The molecule has 5 amide bonds. The van der Waals surface area contributed by atoms with Gasteiger partial charge in [0.1, 0.15) is 24.2 Å². The molecule has 2 heterocycles. The summed E-state index contributed by atoms with van der Waals surface area (Å²) in [6.45, 7) is 18.1. The first-order chi connectivity index (χ1) is 19.8. The number of carbonyl (C=O) groups excluding carboxylic acids is 5. The third-order valence-corrected chi connectivity index (χ3v) is 8.49. The molecular weight excluding hydrogens is 548 g/mol. The summed E-state index contributed by atoms with van der Waals surface area (Å²) >= 11 is 0. The zero-order chi connectivity index (χ0) is 33.0. The van der Waals surface area contributed by atoms with Crippen LogP contribution in [-0.2, 0) is 24.0 Å². The zero-order valence-corrected chi connectivity index (χ0v) is 28.7. The Labute approximate surface area is 259 Å². The van der Waals surface area contributed by atoms with Gasteiger partial charge in [0.25, 0.3) is 0 Å². The maximum absolute atomic E-state index is 14.2. The number of amides is 5. The smallest absolute Gasteiger partial charge is 0.246 e. The molecule has 0 saturated carbocycles. The van der Waals surface area contributed by atoms with Crippen LogP contribution in [0.1, 0.15) is 88.0 Å². The van der Waals surface area contributed by atoms with Crippen molar-refractivity contribution in [3.05, 3.63) is 0 Å². The molecule has 5 atom stereocenters. The molecule has 0 aromatic heterocycles. The van der Waals surface area contributed by atoms with Gasteiger partial charge in [-0.15, -0.1) is 0 Å². The highest BCUT2D eigenvalue weighted by Gasteiger charge is 2.46. The van der Waals surface area contributed by atoms with Crippen molar-refractivity contribution in [1.82, 2.24) is 30.2 Å². The van der Waals surface area contributed by atoms with E-state index in [0.717, 1.165) is 6.42 Å². The Kier molecular flexibility index (Phi) is 12.6. The van der Waals surface area contributed by atoms with E-state index < -0.39 is 35.7 Å². The van der Waals surface area contributed by atoms with E-state index in [2.05, 4.69) is 10.6 Å². The van der Waals surface area contributed by atoms with Gasteiger partial charge in [-0.25, -0.2) is 0 Å². The van der Waals surface area contributed by atoms with Crippen LogP contribution in [0.25, 0.3) is 0 Å². The monoisotopic (exact) mass is 606 g/mol. The highest BCUT2D eigenvalue weighted by molar-refractivity contribution is 5.96. The summed E-state index contributed by atoms with van der Waals surface area (Å²) in [4.78, 5) is 74.7. The second kappa shape index (κ2) is 14.9. The molecule has 0 aromatic carbocycles. The molecule has 0 radical (unpaired) electrons. The Morgan fingerprint density at radius 1 is 0.744 bits per heavy atom. The normalized spacial score (nSPS) is 21.4. The number of rotatable bonds is 11. The predicted molar refractivity (Wildman–Crippen MR) is 168 cm³/mol.